The number of hydrogen-bond donors (Lipinski definition) is 2. The van der Waals surface area contributed by atoms with Gasteiger partial charge < -0.3 is 19.9 Å². The van der Waals surface area contributed by atoms with Gasteiger partial charge in [0.15, 0.2) is 0 Å². The zero-order valence-corrected chi connectivity index (χ0v) is 13.7. The van der Waals surface area contributed by atoms with Gasteiger partial charge >= 0.3 is 5.97 Å². The Kier molecular flexibility index (Phi) is 5.50. The zero-order valence-electron chi connectivity index (χ0n) is 13.7. The Morgan fingerprint density at radius 1 is 1.28 bits per heavy atom. The number of carboxylic acid groups (broad SMARTS) is 1. The molecule has 2 aromatic carbocycles. The van der Waals surface area contributed by atoms with Gasteiger partial charge in [0.1, 0.15) is 18.2 Å². The van der Waals surface area contributed by atoms with Crippen molar-refractivity contribution < 1.29 is 23.8 Å². The van der Waals surface area contributed by atoms with E-state index in [1.807, 2.05) is 0 Å². The Morgan fingerprint density at radius 3 is 2.76 bits per heavy atom. The summed E-state index contributed by atoms with van der Waals surface area (Å²) >= 11 is 0. The van der Waals surface area contributed by atoms with Crippen LogP contribution in [0.25, 0.3) is 0 Å². The number of ether oxygens (including phenoxy) is 2. The van der Waals surface area contributed by atoms with Gasteiger partial charge in [0.05, 0.1) is 17.4 Å². The van der Waals surface area contributed by atoms with Crippen LogP contribution in [0.2, 0.25) is 0 Å². The average Bonchev–Trinajstić information content (AvgIpc) is 3.13. The minimum Gasteiger partial charge on any atom is -0.489 e. The summed E-state index contributed by atoms with van der Waals surface area (Å²) in [5.41, 5.74) is 1.68. The van der Waals surface area contributed by atoms with E-state index in [4.69, 9.17) is 14.6 Å². The van der Waals surface area contributed by atoms with Crippen molar-refractivity contribution in [2.24, 2.45) is 0 Å². The lowest BCUT2D eigenvalue weighted by atomic mass is 10.1. The van der Waals surface area contributed by atoms with E-state index in [0.29, 0.717) is 24.6 Å². The molecular weight excluding hydrogens is 325 g/mol. The summed E-state index contributed by atoms with van der Waals surface area (Å²) in [7, 11) is 0. The number of halogens is 1. The predicted molar refractivity (Wildman–Crippen MR) is 91.6 cm³/mol. The number of benzene rings is 2. The lowest BCUT2D eigenvalue weighted by Crippen LogP contribution is -2.17. The van der Waals surface area contributed by atoms with Crippen LogP contribution in [0.4, 0.5) is 10.1 Å². The fourth-order valence-electron chi connectivity index (χ4n) is 2.69. The van der Waals surface area contributed by atoms with Crippen molar-refractivity contribution in [3.05, 3.63) is 59.4 Å². The minimum absolute atomic E-state index is 0.0847. The van der Waals surface area contributed by atoms with E-state index < -0.39 is 5.97 Å². The van der Waals surface area contributed by atoms with Crippen LogP contribution in [0.3, 0.4) is 0 Å². The number of rotatable bonds is 7. The average molecular weight is 345 g/mol. The van der Waals surface area contributed by atoms with E-state index in [1.54, 1.807) is 30.3 Å². The van der Waals surface area contributed by atoms with Crippen LogP contribution in [-0.4, -0.2) is 30.4 Å². The molecule has 1 atom stereocenters. The number of carboxylic acids is 1. The van der Waals surface area contributed by atoms with Crippen molar-refractivity contribution in [2.45, 2.75) is 25.5 Å². The lowest BCUT2D eigenvalue weighted by molar-refractivity contribution is 0.0681. The van der Waals surface area contributed by atoms with Crippen LogP contribution < -0.4 is 10.1 Å². The van der Waals surface area contributed by atoms with Gasteiger partial charge in [-0.3, -0.25) is 0 Å². The lowest BCUT2D eigenvalue weighted by Gasteiger charge is -2.16. The Balaban J connectivity index is 1.63. The Labute approximate surface area is 145 Å². The largest absolute Gasteiger partial charge is 0.489 e. The molecule has 25 heavy (non-hydrogen) atoms. The number of aromatic carboxylic acids is 1. The van der Waals surface area contributed by atoms with Crippen LogP contribution in [0, 0.1) is 5.82 Å². The number of anilines is 1. The van der Waals surface area contributed by atoms with Crippen molar-refractivity contribution in [1.29, 1.82) is 0 Å². The first kappa shape index (κ1) is 17.2. The van der Waals surface area contributed by atoms with Crippen LogP contribution in [0.5, 0.6) is 5.75 Å². The van der Waals surface area contributed by atoms with Gasteiger partial charge in [-0.05, 0) is 42.7 Å². The minimum atomic E-state index is -0.963. The van der Waals surface area contributed by atoms with Crippen molar-refractivity contribution in [2.75, 3.05) is 18.5 Å². The standard InChI is InChI=1S/C19H20FNO4/c20-15-7-8-18(25-12-16-2-1-9-24-16)17(10-15)21-11-13-3-5-14(6-4-13)19(22)23/h3-8,10,16,21H,1-2,9,11-12H2,(H,22,23). The van der Waals surface area contributed by atoms with Gasteiger partial charge in [0, 0.05) is 19.2 Å². The van der Waals surface area contributed by atoms with E-state index in [-0.39, 0.29) is 17.5 Å². The van der Waals surface area contributed by atoms with Crippen LogP contribution >= 0.6 is 0 Å². The molecule has 0 saturated carbocycles. The first-order valence-electron chi connectivity index (χ1n) is 8.22. The number of nitrogens with one attached hydrogen (secondary N) is 1. The maximum absolute atomic E-state index is 13.6. The molecule has 1 fully saturated rings. The highest BCUT2D eigenvalue weighted by molar-refractivity contribution is 5.87. The number of carbonyl (C=O) groups is 1. The monoisotopic (exact) mass is 345 g/mol. The van der Waals surface area contributed by atoms with Gasteiger partial charge in [-0.2, -0.15) is 0 Å². The molecule has 0 spiro atoms. The molecule has 132 valence electrons. The molecule has 1 saturated heterocycles. The Morgan fingerprint density at radius 2 is 2.08 bits per heavy atom. The molecule has 1 unspecified atom stereocenters. The summed E-state index contributed by atoms with van der Waals surface area (Å²) in [6.45, 7) is 1.63. The van der Waals surface area contributed by atoms with Gasteiger partial charge in [0.25, 0.3) is 0 Å². The summed E-state index contributed by atoms with van der Waals surface area (Å²) in [6, 6.07) is 10.9. The fourth-order valence-corrected chi connectivity index (χ4v) is 2.69. The molecular formula is C19H20FNO4. The second-order valence-corrected chi connectivity index (χ2v) is 5.94. The summed E-state index contributed by atoms with van der Waals surface area (Å²) in [5.74, 6) is -0.748. The third kappa shape index (κ3) is 4.70. The first-order chi connectivity index (χ1) is 12.1. The van der Waals surface area contributed by atoms with Crippen molar-refractivity contribution in [3.8, 4) is 5.75 Å². The predicted octanol–water partition coefficient (Wildman–Crippen LogP) is 3.69. The molecule has 0 aromatic heterocycles. The van der Waals surface area contributed by atoms with Gasteiger partial charge in [-0.15, -0.1) is 0 Å². The SMILES string of the molecule is O=C(O)c1ccc(CNc2cc(F)ccc2OCC2CCCO2)cc1. The highest BCUT2D eigenvalue weighted by Gasteiger charge is 2.17. The summed E-state index contributed by atoms with van der Waals surface area (Å²) in [4.78, 5) is 10.9. The third-order valence-electron chi connectivity index (χ3n) is 4.07. The Bertz CT molecular complexity index is 727. The highest BCUT2D eigenvalue weighted by atomic mass is 19.1. The smallest absolute Gasteiger partial charge is 0.335 e. The number of hydrogen-bond acceptors (Lipinski definition) is 4. The quantitative estimate of drug-likeness (QED) is 0.801. The highest BCUT2D eigenvalue weighted by Crippen LogP contribution is 2.27. The Hall–Kier alpha value is -2.60. The van der Waals surface area contributed by atoms with E-state index in [1.165, 1.54) is 12.1 Å². The van der Waals surface area contributed by atoms with E-state index in [2.05, 4.69) is 5.32 Å². The fraction of sp³-hybridized carbons (Fsp3) is 0.316. The second-order valence-electron chi connectivity index (χ2n) is 5.94. The maximum Gasteiger partial charge on any atom is 0.335 e. The van der Waals surface area contributed by atoms with Crippen LogP contribution in [-0.2, 0) is 11.3 Å². The molecule has 1 aliphatic rings. The molecule has 0 amide bonds. The van der Waals surface area contributed by atoms with Crippen molar-refractivity contribution >= 4 is 11.7 Å². The summed E-state index contributed by atoms with van der Waals surface area (Å²) in [6.07, 6.45) is 2.09. The van der Waals surface area contributed by atoms with Crippen molar-refractivity contribution in [3.63, 3.8) is 0 Å². The summed E-state index contributed by atoms with van der Waals surface area (Å²) in [5, 5.41) is 12.1. The zero-order chi connectivity index (χ0) is 17.6. The molecule has 2 aromatic rings. The molecule has 0 bridgehead atoms. The van der Waals surface area contributed by atoms with Crippen LogP contribution in [0.15, 0.2) is 42.5 Å². The van der Waals surface area contributed by atoms with Gasteiger partial charge in [-0.1, -0.05) is 12.1 Å². The van der Waals surface area contributed by atoms with Gasteiger partial charge in [0.2, 0.25) is 0 Å². The second kappa shape index (κ2) is 7.98. The van der Waals surface area contributed by atoms with Crippen LogP contribution in [0.1, 0.15) is 28.8 Å². The third-order valence-corrected chi connectivity index (χ3v) is 4.07. The normalized spacial score (nSPS) is 16.6. The van der Waals surface area contributed by atoms with E-state index in [0.717, 1.165) is 25.0 Å². The van der Waals surface area contributed by atoms with E-state index in [9.17, 15) is 9.18 Å². The molecule has 0 radical (unpaired) electrons. The van der Waals surface area contributed by atoms with E-state index >= 15 is 0 Å². The van der Waals surface area contributed by atoms with Gasteiger partial charge in [-0.25, -0.2) is 9.18 Å². The summed E-state index contributed by atoms with van der Waals surface area (Å²) < 4.78 is 24.9. The first-order valence-corrected chi connectivity index (χ1v) is 8.22. The molecule has 6 heteroatoms. The maximum atomic E-state index is 13.6. The molecule has 0 aliphatic carbocycles. The molecule has 1 aliphatic heterocycles. The molecule has 1 heterocycles. The van der Waals surface area contributed by atoms with Crippen molar-refractivity contribution in [1.82, 2.24) is 0 Å². The molecule has 2 N–H and O–H groups in total. The topological polar surface area (TPSA) is 67.8 Å². The molecule has 5 nitrogen and oxygen atoms in total. The molecule has 3 rings (SSSR count).